The Balaban J connectivity index is 1.57. The van der Waals surface area contributed by atoms with Crippen LogP contribution < -0.4 is 5.56 Å². The van der Waals surface area contributed by atoms with E-state index in [4.69, 9.17) is 16.6 Å². The van der Waals surface area contributed by atoms with Crippen molar-refractivity contribution >= 4 is 11.6 Å². The van der Waals surface area contributed by atoms with Crippen LogP contribution in [-0.2, 0) is 13.0 Å². The first-order chi connectivity index (χ1) is 15.5. The number of hydrogen-bond donors (Lipinski definition) is 1. The smallest absolute Gasteiger partial charge is 0.254 e. The lowest BCUT2D eigenvalue weighted by Gasteiger charge is -2.49. The number of aromatic nitrogens is 2. The van der Waals surface area contributed by atoms with Crippen LogP contribution in [0, 0.1) is 5.92 Å². The van der Waals surface area contributed by atoms with Crippen LogP contribution in [0.15, 0.2) is 35.1 Å². The van der Waals surface area contributed by atoms with E-state index in [2.05, 4.69) is 16.7 Å². The Hall–Kier alpha value is -1.73. The maximum Gasteiger partial charge on any atom is 0.254 e. The van der Waals surface area contributed by atoms with Crippen molar-refractivity contribution in [3.8, 4) is 11.3 Å². The zero-order valence-electron chi connectivity index (χ0n) is 19.2. The molecule has 0 amide bonds. The Morgan fingerprint density at radius 2 is 1.94 bits per heavy atom. The highest BCUT2D eigenvalue weighted by Crippen LogP contribution is 2.31. The van der Waals surface area contributed by atoms with Gasteiger partial charge in [0.2, 0.25) is 0 Å². The average molecular weight is 459 g/mol. The third kappa shape index (κ3) is 5.25. The molecular formula is C25H35ClN4O2. The first-order valence-corrected chi connectivity index (χ1v) is 12.3. The monoisotopic (exact) mass is 458 g/mol. The third-order valence-electron chi connectivity index (χ3n) is 7.19. The topological polar surface area (TPSA) is 61.6 Å². The van der Waals surface area contributed by atoms with Crippen LogP contribution in [0.25, 0.3) is 11.3 Å². The van der Waals surface area contributed by atoms with Gasteiger partial charge in [-0.3, -0.25) is 14.3 Å². The fourth-order valence-electron chi connectivity index (χ4n) is 5.15. The van der Waals surface area contributed by atoms with Gasteiger partial charge in [0.05, 0.1) is 12.2 Å². The summed E-state index contributed by atoms with van der Waals surface area (Å²) in [5.41, 5.74) is 1.42. The molecule has 2 bridgehead atoms. The minimum absolute atomic E-state index is 0.113. The summed E-state index contributed by atoms with van der Waals surface area (Å²) in [5.74, 6) is 1.38. The number of aryl methyl sites for hydroxylation is 1. The Bertz CT molecular complexity index is 953. The quantitative estimate of drug-likeness (QED) is 0.459. The number of aliphatic hydroxyl groups is 1. The predicted octanol–water partition coefficient (Wildman–Crippen LogP) is 3.64. The third-order valence-corrected chi connectivity index (χ3v) is 7.44. The van der Waals surface area contributed by atoms with Crippen LogP contribution in [0.4, 0.5) is 0 Å². The number of aliphatic hydroxyl groups excluding tert-OH is 1. The highest BCUT2D eigenvalue weighted by atomic mass is 35.5. The van der Waals surface area contributed by atoms with Crippen LogP contribution in [0.3, 0.4) is 0 Å². The Morgan fingerprint density at radius 3 is 2.56 bits per heavy atom. The van der Waals surface area contributed by atoms with Crippen molar-refractivity contribution in [1.29, 1.82) is 0 Å². The molecule has 2 atom stereocenters. The van der Waals surface area contributed by atoms with E-state index in [1.807, 2.05) is 31.3 Å². The molecule has 2 aromatic rings. The summed E-state index contributed by atoms with van der Waals surface area (Å²) in [6, 6.07) is 9.32. The molecule has 1 aromatic heterocycles. The number of hydrogen-bond acceptors (Lipinski definition) is 5. The summed E-state index contributed by atoms with van der Waals surface area (Å²) in [5, 5.41) is 11.8. The zero-order valence-corrected chi connectivity index (χ0v) is 20.0. The number of halogens is 1. The van der Waals surface area contributed by atoms with Gasteiger partial charge < -0.3 is 10.0 Å². The summed E-state index contributed by atoms with van der Waals surface area (Å²) in [6.07, 6.45) is 5.56. The summed E-state index contributed by atoms with van der Waals surface area (Å²) in [4.78, 5) is 22.6. The van der Waals surface area contributed by atoms with E-state index in [-0.39, 0.29) is 12.1 Å². The molecule has 0 radical (unpaired) electrons. The van der Waals surface area contributed by atoms with Crippen molar-refractivity contribution < 1.29 is 5.11 Å². The largest absolute Gasteiger partial charge is 0.376 e. The molecule has 1 N–H and O–H groups in total. The summed E-state index contributed by atoms with van der Waals surface area (Å²) in [7, 11) is 1.99. The standard InChI is InChI=1S/C25H35ClN4O2/c1-3-4-5-6-23-27-21(18-7-9-20(26)10-8-18)15-24(31)30(23)17-25(32)28(2)22-16-29-13-11-19(22)12-14-29/h7-10,15,19,22,25,32H,3-6,11-14,16-17H2,1-2H3/t22-,25?/m1/s1. The van der Waals surface area contributed by atoms with E-state index in [1.165, 1.54) is 25.9 Å². The minimum atomic E-state index is -0.716. The first kappa shape index (κ1) is 23.4. The Labute approximate surface area is 195 Å². The molecule has 0 aliphatic carbocycles. The van der Waals surface area contributed by atoms with Crippen LogP contribution >= 0.6 is 11.6 Å². The first-order valence-electron chi connectivity index (χ1n) is 11.9. The second-order valence-electron chi connectivity index (χ2n) is 9.32. The fraction of sp³-hybridized carbons (Fsp3) is 0.600. The molecule has 3 aliphatic rings. The SMILES string of the molecule is CCCCCc1nc(-c2ccc(Cl)cc2)cc(=O)n1CC(O)N(C)[C@@H]1CN2CCC1CC2. The summed E-state index contributed by atoms with van der Waals surface area (Å²) in [6.45, 7) is 5.75. The molecular weight excluding hydrogens is 424 g/mol. The van der Waals surface area contributed by atoms with Gasteiger partial charge >= 0.3 is 0 Å². The zero-order chi connectivity index (χ0) is 22.7. The van der Waals surface area contributed by atoms with Gasteiger partial charge in [0.25, 0.3) is 5.56 Å². The molecule has 4 heterocycles. The number of rotatable bonds is 9. The highest BCUT2D eigenvalue weighted by Gasteiger charge is 2.38. The van der Waals surface area contributed by atoms with E-state index in [0.717, 1.165) is 43.6 Å². The van der Waals surface area contributed by atoms with Gasteiger partial charge in [0.1, 0.15) is 12.1 Å². The molecule has 0 saturated carbocycles. The van der Waals surface area contributed by atoms with Crippen molar-refractivity contribution in [1.82, 2.24) is 19.4 Å². The molecule has 7 heteroatoms. The van der Waals surface area contributed by atoms with Crippen molar-refractivity contribution in [3.05, 3.63) is 51.5 Å². The fourth-order valence-corrected chi connectivity index (χ4v) is 5.28. The van der Waals surface area contributed by atoms with Gasteiger partial charge in [-0.15, -0.1) is 0 Å². The van der Waals surface area contributed by atoms with Crippen LogP contribution in [0.1, 0.15) is 44.9 Å². The molecule has 1 aromatic carbocycles. The lowest BCUT2D eigenvalue weighted by atomic mass is 9.83. The van der Waals surface area contributed by atoms with E-state index in [1.54, 1.807) is 10.6 Å². The van der Waals surface area contributed by atoms with Gasteiger partial charge in [-0.2, -0.15) is 0 Å². The molecule has 5 rings (SSSR count). The molecule has 3 aliphatic heterocycles. The number of likely N-dealkylation sites (N-methyl/N-ethyl adjacent to an activating group) is 1. The van der Waals surface area contributed by atoms with E-state index < -0.39 is 6.23 Å². The highest BCUT2D eigenvalue weighted by molar-refractivity contribution is 6.30. The second kappa shape index (κ2) is 10.5. The molecule has 0 spiro atoms. The molecule has 3 fully saturated rings. The summed E-state index contributed by atoms with van der Waals surface area (Å²) < 4.78 is 1.68. The lowest BCUT2D eigenvalue weighted by molar-refractivity contribution is -0.0736. The van der Waals surface area contributed by atoms with Crippen molar-refractivity contribution in [3.63, 3.8) is 0 Å². The molecule has 32 heavy (non-hydrogen) atoms. The Morgan fingerprint density at radius 1 is 1.22 bits per heavy atom. The second-order valence-corrected chi connectivity index (χ2v) is 9.76. The molecule has 3 saturated heterocycles. The van der Waals surface area contributed by atoms with E-state index >= 15 is 0 Å². The van der Waals surface area contributed by atoms with Gasteiger partial charge in [0, 0.05) is 35.7 Å². The summed E-state index contributed by atoms with van der Waals surface area (Å²) >= 11 is 6.02. The average Bonchev–Trinajstić information content (AvgIpc) is 2.81. The molecule has 1 unspecified atom stereocenters. The minimum Gasteiger partial charge on any atom is -0.376 e. The van der Waals surface area contributed by atoms with Crippen molar-refractivity contribution in [2.75, 3.05) is 26.7 Å². The number of piperidine rings is 3. The lowest BCUT2D eigenvalue weighted by Crippen LogP contribution is -2.59. The van der Waals surface area contributed by atoms with Gasteiger partial charge in [-0.05, 0) is 57.5 Å². The normalized spacial score (nSPS) is 23.6. The van der Waals surface area contributed by atoms with Gasteiger partial charge in [-0.25, -0.2) is 4.98 Å². The number of benzene rings is 1. The maximum absolute atomic E-state index is 13.2. The van der Waals surface area contributed by atoms with E-state index in [0.29, 0.717) is 22.7 Å². The number of nitrogens with zero attached hydrogens (tertiary/aromatic N) is 4. The number of fused-ring (bicyclic) bond motifs is 3. The maximum atomic E-state index is 13.2. The number of unbranched alkanes of at least 4 members (excludes halogenated alkanes) is 2. The molecule has 6 nitrogen and oxygen atoms in total. The molecule has 174 valence electrons. The van der Waals surface area contributed by atoms with Crippen LogP contribution in [-0.4, -0.2) is 63.4 Å². The predicted molar refractivity (Wildman–Crippen MR) is 129 cm³/mol. The van der Waals surface area contributed by atoms with Gasteiger partial charge in [0.15, 0.2) is 0 Å². The van der Waals surface area contributed by atoms with Gasteiger partial charge in [-0.1, -0.05) is 43.5 Å². The van der Waals surface area contributed by atoms with E-state index in [9.17, 15) is 9.90 Å². The van der Waals surface area contributed by atoms with Crippen molar-refractivity contribution in [2.45, 2.75) is 64.3 Å². The Kier molecular flexibility index (Phi) is 7.66. The van der Waals surface area contributed by atoms with Crippen LogP contribution in [0.2, 0.25) is 5.02 Å². The van der Waals surface area contributed by atoms with Crippen LogP contribution in [0.5, 0.6) is 0 Å². The van der Waals surface area contributed by atoms with Crippen molar-refractivity contribution in [2.24, 2.45) is 5.92 Å².